The maximum Gasteiger partial charge on any atom is 0.0624 e. The van der Waals surface area contributed by atoms with Gasteiger partial charge in [0.2, 0.25) is 0 Å². The first-order valence-electron chi connectivity index (χ1n) is 6.95. The fraction of sp³-hybridized carbons (Fsp3) is 0.600. The van der Waals surface area contributed by atoms with Crippen LogP contribution in [0, 0.1) is 5.92 Å². The minimum Gasteiger partial charge on any atom is -0.394 e. The highest BCUT2D eigenvalue weighted by molar-refractivity contribution is 7.99. The molecule has 0 radical (unpaired) electrons. The highest BCUT2D eigenvalue weighted by Gasteiger charge is 2.44. The summed E-state index contributed by atoms with van der Waals surface area (Å²) in [5.41, 5.74) is -0.139. The molecule has 106 valence electrons. The monoisotopic (exact) mass is 299 g/mol. The summed E-state index contributed by atoms with van der Waals surface area (Å²) in [5.74, 6) is 1.48. The van der Waals surface area contributed by atoms with Crippen LogP contribution in [0.1, 0.15) is 26.2 Å². The van der Waals surface area contributed by atoms with Gasteiger partial charge in [-0.15, -0.1) is 11.8 Å². The Balaban J connectivity index is 2.02. The van der Waals surface area contributed by atoms with Gasteiger partial charge in [-0.2, -0.15) is 0 Å². The van der Waals surface area contributed by atoms with Crippen LogP contribution in [0.25, 0.3) is 0 Å². The van der Waals surface area contributed by atoms with Crippen molar-refractivity contribution < 1.29 is 5.11 Å². The SMILES string of the molecule is CCCNC(CO)(CSc1ccccc1Cl)C1CC1. The summed E-state index contributed by atoms with van der Waals surface area (Å²) in [6.45, 7) is 3.32. The zero-order valence-corrected chi connectivity index (χ0v) is 12.9. The Bertz CT molecular complexity index is 411. The lowest BCUT2D eigenvalue weighted by Crippen LogP contribution is -2.53. The molecule has 1 aromatic carbocycles. The molecule has 0 bridgehead atoms. The number of thioether (sulfide) groups is 1. The fourth-order valence-electron chi connectivity index (χ4n) is 2.32. The van der Waals surface area contributed by atoms with Crippen molar-refractivity contribution in [2.45, 2.75) is 36.6 Å². The molecule has 0 amide bonds. The molecule has 2 nitrogen and oxygen atoms in total. The predicted molar refractivity (Wildman–Crippen MR) is 83.0 cm³/mol. The molecule has 1 atom stereocenters. The van der Waals surface area contributed by atoms with E-state index in [0.29, 0.717) is 5.92 Å². The molecule has 1 unspecified atom stereocenters. The topological polar surface area (TPSA) is 32.3 Å². The van der Waals surface area contributed by atoms with Crippen LogP contribution < -0.4 is 5.32 Å². The van der Waals surface area contributed by atoms with Crippen LogP contribution in [0.15, 0.2) is 29.2 Å². The molecule has 0 spiro atoms. The van der Waals surface area contributed by atoms with Crippen LogP contribution >= 0.6 is 23.4 Å². The second kappa shape index (κ2) is 6.98. The Kier molecular flexibility index (Phi) is 5.58. The molecule has 1 fully saturated rings. The third-order valence-corrected chi connectivity index (χ3v) is 5.46. The largest absolute Gasteiger partial charge is 0.394 e. The van der Waals surface area contributed by atoms with E-state index < -0.39 is 0 Å². The Morgan fingerprint density at radius 3 is 2.74 bits per heavy atom. The average Bonchev–Trinajstić information content (AvgIpc) is 3.26. The lowest BCUT2D eigenvalue weighted by atomic mass is 9.96. The van der Waals surface area contributed by atoms with Gasteiger partial charge in [-0.3, -0.25) is 0 Å². The van der Waals surface area contributed by atoms with Crippen molar-refractivity contribution in [3.63, 3.8) is 0 Å². The van der Waals surface area contributed by atoms with Gasteiger partial charge < -0.3 is 10.4 Å². The molecule has 1 aliphatic carbocycles. The van der Waals surface area contributed by atoms with E-state index in [1.807, 2.05) is 24.3 Å². The summed E-state index contributed by atoms with van der Waals surface area (Å²) in [7, 11) is 0. The fourth-order valence-corrected chi connectivity index (χ4v) is 3.84. The highest BCUT2D eigenvalue weighted by Crippen LogP contribution is 2.42. The maximum atomic E-state index is 9.85. The van der Waals surface area contributed by atoms with Crippen LogP contribution in [-0.2, 0) is 0 Å². The maximum absolute atomic E-state index is 9.85. The molecular formula is C15H22ClNOS. The first kappa shape index (κ1) is 15.2. The van der Waals surface area contributed by atoms with Crippen LogP contribution in [0.4, 0.5) is 0 Å². The Morgan fingerprint density at radius 1 is 1.42 bits per heavy atom. The van der Waals surface area contributed by atoms with E-state index in [2.05, 4.69) is 12.2 Å². The second-order valence-electron chi connectivity index (χ2n) is 5.23. The van der Waals surface area contributed by atoms with Crippen molar-refractivity contribution in [1.82, 2.24) is 5.32 Å². The van der Waals surface area contributed by atoms with Crippen molar-refractivity contribution in [2.24, 2.45) is 5.92 Å². The lowest BCUT2D eigenvalue weighted by Gasteiger charge is -2.33. The lowest BCUT2D eigenvalue weighted by molar-refractivity contribution is 0.159. The summed E-state index contributed by atoms with van der Waals surface area (Å²) >= 11 is 7.93. The normalized spacial score (nSPS) is 18.3. The van der Waals surface area contributed by atoms with E-state index in [9.17, 15) is 5.11 Å². The quantitative estimate of drug-likeness (QED) is 0.720. The van der Waals surface area contributed by atoms with Crippen molar-refractivity contribution >= 4 is 23.4 Å². The molecule has 1 aromatic rings. The molecule has 0 aliphatic heterocycles. The molecule has 2 N–H and O–H groups in total. The summed E-state index contributed by atoms with van der Waals surface area (Å²) in [6, 6.07) is 7.91. The number of aliphatic hydroxyl groups is 1. The summed E-state index contributed by atoms with van der Waals surface area (Å²) in [6.07, 6.45) is 3.53. The molecule has 19 heavy (non-hydrogen) atoms. The predicted octanol–water partition coefficient (Wildman–Crippen LogP) is 3.57. The number of rotatable bonds is 8. The van der Waals surface area contributed by atoms with E-state index in [1.54, 1.807) is 11.8 Å². The number of aliphatic hydroxyl groups excluding tert-OH is 1. The molecular weight excluding hydrogens is 278 g/mol. The van der Waals surface area contributed by atoms with Crippen molar-refractivity contribution in [3.05, 3.63) is 29.3 Å². The van der Waals surface area contributed by atoms with Gasteiger partial charge in [0.25, 0.3) is 0 Å². The van der Waals surface area contributed by atoms with Gasteiger partial charge >= 0.3 is 0 Å². The third kappa shape index (κ3) is 3.88. The van der Waals surface area contributed by atoms with Crippen LogP contribution in [-0.4, -0.2) is 29.5 Å². The first-order valence-corrected chi connectivity index (χ1v) is 8.31. The Morgan fingerprint density at radius 2 is 2.16 bits per heavy atom. The van der Waals surface area contributed by atoms with Crippen molar-refractivity contribution in [1.29, 1.82) is 0 Å². The van der Waals surface area contributed by atoms with Gasteiger partial charge in [-0.25, -0.2) is 0 Å². The van der Waals surface area contributed by atoms with Gasteiger partial charge in [-0.1, -0.05) is 30.7 Å². The zero-order chi connectivity index (χ0) is 13.7. The Hall–Kier alpha value is -0.220. The highest BCUT2D eigenvalue weighted by atomic mass is 35.5. The zero-order valence-electron chi connectivity index (χ0n) is 11.4. The summed E-state index contributed by atoms with van der Waals surface area (Å²) in [5, 5.41) is 14.2. The number of hydrogen-bond acceptors (Lipinski definition) is 3. The van der Waals surface area contributed by atoms with Gasteiger partial charge in [0.1, 0.15) is 0 Å². The molecule has 4 heteroatoms. The minimum atomic E-state index is -0.139. The average molecular weight is 300 g/mol. The molecule has 1 aliphatic rings. The van der Waals surface area contributed by atoms with Gasteiger partial charge in [0.05, 0.1) is 17.2 Å². The molecule has 0 aromatic heterocycles. The molecule has 1 saturated carbocycles. The third-order valence-electron chi connectivity index (χ3n) is 3.69. The Labute approximate surface area is 124 Å². The van der Waals surface area contributed by atoms with Crippen molar-refractivity contribution in [3.8, 4) is 0 Å². The summed E-state index contributed by atoms with van der Waals surface area (Å²) < 4.78 is 0. The van der Waals surface area contributed by atoms with Crippen LogP contribution in [0.3, 0.4) is 0 Å². The van der Waals surface area contributed by atoms with Gasteiger partial charge in [-0.05, 0) is 43.9 Å². The van der Waals surface area contributed by atoms with Gasteiger partial charge in [0, 0.05) is 10.6 Å². The van der Waals surface area contributed by atoms with Crippen LogP contribution in [0.5, 0.6) is 0 Å². The van der Waals surface area contributed by atoms with Crippen molar-refractivity contribution in [2.75, 3.05) is 18.9 Å². The van der Waals surface area contributed by atoms with E-state index in [0.717, 1.165) is 28.6 Å². The smallest absolute Gasteiger partial charge is 0.0624 e. The number of hydrogen-bond donors (Lipinski definition) is 2. The van der Waals surface area contributed by atoms with E-state index in [-0.39, 0.29) is 12.1 Å². The summed E-state index contributed by atoms with van der Waals surface area (Å²) in [4.78, 5) is 1.10. The van der Waals surface area contributed by atoms with E-state index in [1.165, 1.54) is 12.8 Å². The second-order valence-corrected chi connectivity index (χ2v) is 6.66. The van der Waals surface area contributed by atoms with Gasteiger partial charge in [0.15, 0.2) is 0 Å². The number of halogens is 1. The minimum absolute atomic E-state index is 0.139. The molecule has 0 heterocycles. The number of benzene rings is 1. The molecule has 0 saturated heterocycles. The molecule has 2 rings (SSSR count). The van der Waals surface area contributed by atoms with E-state index in [4.69, 9.17) is 11.6 Å². The van der Waals surface area contributed by atoms with E-state index >= 15 is 0 Å². The van der Waals surface area contributed by atoms with Crippen LogP contribution in [0.2, 0.25) is 5.02 Å². The first-order chi connectivity index (χ1) is 9.22. The standard InChI is InChI=1S/C15H22ClNOS/c1-2-9-17-15(10-18,12-7-8-12)11-19-14-6-4-3-5-13(14)16/h3-6,12,17-18H,2,7-11H2,1H3. The number of nitrogens with one attached hydrogen (secondary N) is 1.